The highest BCUT2D eigenvalue weighted by Gasteiger charge is 2.20. The zero-order valence-corrected chi connectivity index (χ0v) is 7.96. The van der Waals surface area contributed by atoms with Gasteiger partial charge in [-0.15, -0.1) is 24.8 Å². The fourth-order valence-corrected chi connectivity index (χ4v) is 1.17. The van der Waals surface area contributed by atoms with Gasteiger partial charge in [-0.05, 0) is 25.4 Å². The fourth-order valence-electron chi connectivity index (χ4n) is 1.17. The first-order valence-electron chi connectivity index (χ1n) is 3.43. The highest BCUT2D eigenvalue weighted by Crippen LogP contribution is 2.09. The largest absolute Gasteiger partial charge is 0.391 e. The molecule has 0 aromatic carbocycles. The van der Waals surface area contributed by atoms with Crippen molar-refractivity contribution in [2.45, 2.75) is 12.5 Å². The molecule has 70 valence electrons. The van der Waals surface area contributed by atoms with Gasteiger partial charge in [-0.25, -0.2) is 0 Å². The zero-order chi connectivity index (χ0) is 6.69. The summed E-state index contributed by atoms with van der Waals surface area (Å²) in [5.41, 5.74) is 5.41. The number of nitrogens with one attached hydrogen (secondary N) is 1. The Kier molecular flexibility index (Phi) is 9.08. The van der Waals surface area contributed by atoms with Crippen molar-refractivity contribution in [1.82, 2.24) is 5.32 Å². The predicted octanol–water partition coefficient (Wildman–Crippen LogP) is -0.241. The Morgan fingerprint density at radius 3 is 2.45 bits per heavy atom. The maximum Gasteiger partial charge on any atom is 0.0705 e. The third-order valence-electron chi connectivity index (χ3n) is 1.89. The number of piperidine rings is 1. The summed E-state index contributed by atoms with van der Waals surface area (Å²) in [6, 6.07) is 0. The smallest absolute Gasteiger partial charge is 0.0705 e. The van der Waals surface area contributed by atoms with E-state index in [0.717, 1.165) is 13.0 Å². The first-order valence-corrected chi connectivity index (χ1v) is 3.43. The first-order chi connectivity index (χ1) is 4.34. The fraction of sp³-hybridized carbons (Fsp3) is 1.00. The van der Waals surface area contributed by atoms with Crippen LogP contribution in [0.5, 0.6) is 0 Å². The van der Waals surface area contributed by atoms with E-state index in [2.05, 4.69) is 5.32 Å². The number of nitrogens with two attached hydrogens (primary N) is 1. The van der Waals surface area contributed by atoms with Crippen molar-refractivity contribution in [3.63, 3.8) is 0 Å². The second kappa shape index (κ2) is 7.13. The van der Waals surface area contributed by atoms with Gasteiger partial charge in [0.1, 0.15) is 0 Å². The van der Waals surface area contributed by atoms with E-state index >= 15 is 0 Å². The quantitative estimate of drug-likeness (QED) is 0.551. The lowest BCUT2D eigenvalue weighted by Crippen LogP contribution is -2.43. The molecule has 0 saturated carbocycles. The van der Waals surface area contributed by atoms with Crippen LogP contribution in [0.25, 0.3) is 0 Å². The van der Waals surface area contributed by atoms with Crippen molar-refractivity contribution in [2.75, 3.05) is 19.6 Å². The normalized spacial score (nSPS) is 30.0. The van der Waals surface area contributed by atoms with Gasteiger partial charge in [-0.3, -0.25) is 0 Å². The maximum atomic E-state index is 9.23. The average molecular weight is 203 g/mol. The highest BCUT2D eigenvalue weighted by atomic mass is 35.5. The van der Waals surface area contributed by atoms with E-state index < -0.39 is 0 Å². The van der Waals surface area contributed by atoms with Gasteiger partial charge in [0.25, 0.3) is 0 Å². The second-order valence-corrected chi connectivity index (χ2v) is 2.56. The summed E-state index contributed by atoms with van der Waals surface area (Å²) < 4.78 is 0. The second-order valence-electron chi connectivity index (χ2n) is 2.56. The Balaban J connectivity index is 0. The SMILES string of the molecule is Cl.Cl.NCC1CCNCC1O. The molecule has 0 spiro atoms. The summed E-state index contributed by atoms with van der Waals surface area (Å²) in [6.45, 7) is 2.32. The molecule has 0 aromatic rings. The number of aliphatic hydroxyl groups is 1. The third kappa shape index (κ3) is 4.13. The molecule has 1 fully saturated rings. The Morgan fingerprint density at radius 2 is 2.09 bits per heavy atom. The molecule has 2 unspecified atom stereocenters. The molecular weight excluding hydrogens is 187 g/mol. The average Bonchev–Trinajstić information content (AvgIpc) is 1.89. The molecule has 1 saturated heterocycles. The zero-order valence-electron chi connectivity index (χ0n) is 6.32. The van der Waals surface area contributed by atoms with E-state index in [9.17, 15) is 5.11 Å². The Hall–Kier alpha value is 0.460. The third-order valence-corrected chi connectivity index (χ3v) is 1.89. The van der Waals surface area contributed by atoms with Crippen molar-refractivity contribution >= 4 is 24.8 Å². The van der Waals surface area contributed by atoms with Crippen LogP contribution in [-0.2, 0) is 0 Å². The van der Waals surface area contributed by atoms with Gasteiger partial charge in [0.05, 0.1) is 6.10 Å². The van der Waals surface area contributed by atoms with Crippen LogP contribution in [0, 0.1) is 5.92 Å². The molecule has 4 N–H and O–H groups in total. The van der Waals surface area contributed by atoms with Crippen molar-refractivity contribution in [3.05, 3.63) is 0 Å². The lowest BCUT2D eigenvalue weighted by Gasteiger charge is -2.26. The van der Waals surface area contributed by atoms with Crippen molar-refractivity contribution in [3.8, 4) is 0 Å². The minimum absolute atomic E-state index is 0. The van der Waals surface area contributed by atoms with Crippen LogP contribution in [0.3, 0.4) is 0 Å². The van der Waals surface area contributed by atoms with Crippen LogP contribution < -0.4 is 11.1 Å². The number of halogens is 2. The van der Waals surface area contributed by atoms with Gasteiger partial charge in [-0.2, -0.15) is 0 Å². The lowest BCUT2D eigenvalue weighted by molar-refractivity contribution is 0.0863. The van der Waals surface area contributed by atoms with Crippen molar-refractivity contribution in [2.24, 2.45) is 11.7 Å². The van der Waals surface area contributed by atoms with Crippen LogP contribution in [-0.4, -0.2) is 30.8 Å². The molecule has 1 rings (SSSR count). The van der Waals surface area contributed by atoms with Crippen LogP contribution in [0.1, 0.15) is 6.42 Å². The number of aliphatic hydroxyl groups excluding tert-OH is 1. The van der Waals surface area contributed by atoms with E-state index in [-0.39, 0.29) is 30.9 Å². The summed E-state index contributed by atoms with van der Waals surface area (Å²) in [5.74, 6) is 0.325. The summed E-state index contributed by atoms with van der Waals surface area (Å²) in [6.07, 6.45) is 0.793. The van der Waals surface area contributed by atoms with Crippen LogP contribution in [0.4, 0.5) is 0 Å². The van der Waals surface area contributed by atoms with Crippen molar-refractivity contribution < 1.29 is 5.11 Å². The summed E-state index contributed by atoms with van der Waals surface area (Å²) >= 11 is 0. The number of β-amino-alcohol motifs (C(OH)–C–C–N with tert-alkyl or cyclic N) is 1. The van der Waals surface area contributed by atoms with Gasteiger partial charge in [0.15, 0.2) is 0 Å². The molecule has 1 heterocycles. The summed E-state index contributed by atoms with van der Waals surface area (Å²) in [5, 5.41) is 12.3. The molecule has 1 aliphatic rings. The van der Waals surface area contributed by atoms with Gasteiger partial charge in [0.2, 0.25) is 0 Å². The molecule has 0 radical (unpaired) electrons. The lowest BCUT2D eigenvalue weighted by atomic mass is 9.96. The predicted molar refractivity (Wildman–Crippen MR) is 50.5 cm³/mol. The van der Waals surface area contributed by atoms with Crippen LogP contribution in [0.15, 0.2) is 0 Å². The minimum atomic E-state index is -0.219. The van der Waals surface area contributed by atoms with E-state index in [0.29, 0.717) is 19.0 Å². The Bertz CT molecular complexity index is 94.7. The molecular formula is C6H16Cl2N2O. The molecule has 0 amide bonds. The molecule has 11 heavy (non-hydrogen) atoms. The first kappa shape index (κ1) is 14.0. The van der Waals surface area contributed by atoms with E-state index in [1.165, 1.54) is 0 Å². The molecule has 2 atom stereocenters. The van der Waals surface area contributed by atoms with Gasteiger partial charge in [0, 0.05) is 6.54 Å². The van der Waals surface area contributed by atoms with E-state index in [1.54, 1.807) is 0 Å². The van der Waals surface area contributed by atoms with E-state index in [1.807, 2.05) is 0 Å². The summed E-state index contributed by atoms with van der Waals surface area (Å²) in [4.78, 5) is 0. The monoisotopic (exact) mass is 202 g/mol. The number of hydrogen-bond acceptors (Lipinski definition) is 3. The number of hydrogen-bond donors (Lipinski definition) is 3. The molecule has 0 aliphatic carbocycles. The van der Waals surface area contributed by atoms with Gasteiger partial charge in [-0.1, -0.05) is 0 Å². The molecule has 5 heteroatoms. The number of rotatable bonds is 1. The topological polar surface area (TPSA) is 58.3 Å². The standard InChI is InChI=1S/C6H14N2O.2ClH/c7-3-5-1-2-8-4-6(5)9;;/h5-6,8-9H,1-4,7H2;2*1H. The molecule has 0 aromatic heterocycles. The molecule has 0 bridgehead atoms. The van der Waals surface area contributed by atoms with Gasteiger partial charge < -0.3 is 16.2 Å². The molecule has 1 aliphatic heterocycles. The highest BCUT2D eigenvalue weighted by molar-refractivity contribution is 5.85. The Labute approximate surface area is 79.5 Å². The minimum Gasteiger partial charge on any atom is -0.391 e. The maximum absolute atomic E-state index is 9.23. The van der Waals surface area contributed by atoms with Gasteiger partial charge >= 0.3 is 0 Å². The molecule has 3 nitrogen and oxygen atoms in total. The Morgan fingerprint density at radius 1 is 1.45 bits per heavy atom. The van der Waals surface area contributed by atoms with Crippen molar-refractivity contribution in [1.29, 1.82) is 0 Å². The van der Waals surface area contributed by atoms with E-state index in [4.69, 9.17) is 5.73 Å². The van der Waals surface area contributed by atoms with Crippen LogP contribution in [0.2, 0.25) is 0 Å². The van der Waals surface area contributed by atoms with Crippen LogP contribution >= 0.6 is 24.8 Å². The summed E-state index contributed by atoms with van der Waals surface area (Å²) in [7, 11) is 0.